The standard InChI is InChI=1S/C10H17N3O2/c1-8-11-9(12-15-8)6-13-5-3-4-10(2,14)7-13/h14H,3-7H2,1-2H3. The Balaban J connectivity index is 1.95. The molecule has 0 aromatic carbocycles. The number of β-amino-alcohol motifs (C(OH)–C–C–N with tert-alkyl or cyclic N) is 1. The van der Waals surface area contributed by atoms with E-state index in [0.29, 0.717) is 24.8 Å². The van der Waals surface area contributed by atoms with E-state index in [-0.39, 0.29) is 0 Å². The minimum absolute atomic E-state index is 0.572. The van der Waals surface area contributed by atoms with E-state index in [1.807, 2.05) is 6.92 Å². The first-order chi connectivity index (χ1) is 7.05. The van der Waals surface area contributed by atoms with Gasteiger partial charge < -0.3 is 9.63 Å². The zero-order valence-electron chi connectivity index (χ0n) is 9.23. The van der Waals surface area contributed by atoms with Crippen LogP contribution >= 0.6 is 0 Å². The second kappa shape index (κ2) is 3.90. The number of rotatable bonds is 2. The molecule has 5 heteroatoms. The minimum Gasteiger partial charge on any atom is -0.389 e. The fraction of sp³-hybridized carbons (Fsp3) is 0.800. The van der Waals surface area contributed by atoms with Crippen LogP contribution in [0.3, 0.4) is 0 Å². The summed E-state index contributed by atoms with van der Waals surface area (Å²) in [4.78, 5) is 6.31. The van der Waals surface area contributed by atoms with E-state index in [1.165, 1.54) is 0 Å². The van der Waals surface area contributed by atoms with Gasteiger partial charge in [0.1, 0.15) is 0 Å². The summed E-state index contributed by atoms with van der Waals surface area (Å²) in [5.74, 6) is 1.29. The summed E-state index contributed by atoms with van der Waals surface area (Å²) in [5, 5.41) is 13.8. The van der Waals surface area contributed by atoms with Crippen molar-refractivity contribution in [1.29, 1.82) is 0 Å². The predicted molar refractivity (Wildman–Crippen MR) is 54.2 cm³/mol. The SMILES string of the molecule is Cc1nc(CN2CCCC(C)(O)C2)no1. The molecule has 1 unspecified atom stereocenters. The maximum absolute atomic E-state index is 9.92. The molecule has 0 aliphatic carbocycles. The van der Waals surface area contributed by atoms with Gasteiger partial charge in [-0.2, -0.15) is 4.98 Å². The lowest BCUT2D eigenvalue weighted by molar-refractivity contribution is -0.0190. The molecular weight excluding hydrogens is 194 g/mol. The predicted octanol–water partition coefficient (Wildman–Crippen LogP) is 0.725. The molecule has 5 nitrogen and oxygen atoms in total. The van der Waals surface area contributed by atoms with Gasteiger partial charge in [-0.3, -0.25) is 4.90 Å². The molecule has 1 saturated heterocycles. The largest absolute Gasteiger partial charge is 0.389 e. The second-order valence-electron chi connectivity index (χ2n) is 4.54. The number of piperidine rings is 1. The molecule has 0 amide bonds. The van der Waals surface area contributed by atoms with Crippen molar-refractivity contribution in [2.24, 2.45) is 0 Å². The lowest BCUT2D eigenvalue weighted by atomic mass is 9.95. The maximum Gasteiger partial charge on any atom is 0.223 e. The molecule has 84 valence electrons. The van der Waals surface area contributed by atoms with E-state index >= 15 is 0 Å². The molecule has 0 spiro atoms. The van der Waals surface area contributed by atoms with Crippen LogP contribution in [0.25, 0.3) is 0 Å². The number of aryl methyl sites for hydroxylation is 1. The Morgan fingerprint density at radius 2 is 2.40 bits per heavy atom. The van der Waals surface area contributed by atoms with Crippen LogP contribution in [0.1, 0.15) is 31.5 Å². The van der Waals surface area contributed by atoms with E-state index in [2.05, 4.69) is 15.0 Å². The fourth-order valence-corrected chi connectivity index (χ4v) is 2.06. The van der Waals surface area contributed by atoms with Crippen molar-refractivity contribution in [3.05, 3.63) is 11.7 Å². The van der Waals surface area contributed by atoms with Gasteiger partial charge >= 0.3 is 0 Å². The Labute approximate surface area is 89.1 Å². The van der Waals surface area contributed by atoms with E-state index in [9.17, 15) is 5.11 Å². The molecule has 1 aromatic heterocycles. The van der Waals surface area contributed by atoms with Crippen molar-refractivity contribution < 1.29 is 9.63 Å². The van der Waals surface area contributed by atoms with Crippen LogP contribution < -0.4 is 0 Å². The Morgan fingerprint density at radius 3 is 3.00 bits per heavy atom. The highest BCUT2D eigenvalue weighted by Crippen LogP contribution is 2.21. The van der Waals surface area contributed by atoms with Crippen molar-refractivity contribution in [3.8, 4) is 0 Å². The van der Waals surface area contributed by atoms with E-state index < -0.39 is 5.60 Å². The Bertz CT molecular complexity index is 335. The van der Waals surface area contributed by atoms with Crippen molar-refractivity contribution in [2.45, 2.75) is 38.8 Å². The summed E-state index contributed by atoms with van der Waals surface area (Å²) in [6.45, 7) is 5.99. The van der Waals surface area contributed by atoms with Crippen LogP contribution in [0.2, 0.25) is 0 Å². The number of nitrogens with zero attached hydrogens (tertiary/aromatic N) is 3. The third kappa shape index (κ3) is 2.76. The Morgan fingerprint density at radius 1 is 1.60 bits per heavy atom. The summed E-state index contributed by atoms with van der Waals surface area (Å²) < 4.78 is 4.91. The molecule has 1 aromatic rings. The van der Waals surface area contributed by atoms with Crippen LogP contribution in [0, 0.1) is 6.92 Å². The number of hydrogen-bond acceptors (Lipinski definition) is 5. The average molecular weight is 211 g/mol. The smallest absolute Gasteiger partial charge is 0.223 e. The molecule has 1 fully saturated rings. The topological polar surface area (TPSA) is 62.4 Å². The van der Waals surface area contributed by atoms with Crippen LogP contribution in [0.15, 0.2) is 4.52 Å². The number of aromatic nitrogens is 2. The molecule has 2 heterocycles. The fourth-order valence-electron chi connectivity index (χ4n) is 2.06. The van der Waals surface area contributed by atoms with Crippen molar-refractivity contribution in [2.75, 3.05) is 13.1 Å². The highest BCUT2D eigenvalue weighted by Gasteiger charge is 2.28. The minimum atomic E-state index is -0.572. The quantitative estimate of drug-likeness (QED) is 0.781. The zero-order valence-corrected chi connectivity index (χ0v) is 9.23. The average Bonchev–Trinajstić information content (AvgIpc) is 2.49. The number of aliphatic hydroxyl groups is 1. The first-order valence-electron chi connectivity index (χ1n) is 5.29. The third-order valence-electron chi connectivity index (χ3n) is 2.69. The van der Waals surface area contributed by atoms with Gasteiger partial charge in [-0.15, -0.1) is 0 Å². The zero-order chi connectivity index (χ0) is 10.9. The Hall–Kier alpha value is -0.940. The first kappa shape index (κ1) is 10.6. The van der Waals surface area contributed by atoms with Crippen LogP contribution in [0.5, 0.6) is 0 Å². The van der Waals surface area contributed by atoms with E-state index in [4.69, 9.17) is 4.52 Å². The van der Waals surface area contributed by atoms with Crippen LogP contribution in [-0.4, -0.2) is 38.8 Å². The molecule has 1 aliphatic heterocycles. The van der Waals surface area contributed by atoms with E-state index in [1.54, 1.807) is 6.92 Å². The van der Waals surface area contributed by atoms with Gasteiger partial charge in [0, 0.05) is 13.5 Å². The normalized spacial score (nSPS) is 28.2. The molecule has 1 N–H and O–H groups in total. The summed E-state index contributed by atoms with van der Waals surface area (Å²) in [6, 6.07) is 0. The lowest BCUT2D eigenvalue weighted by Gasteiger charge is -2.36. The van der Waals surface area contributed by atoms with Crippen molar-refractivity contribution >= 4 is 0 Å². The van der Waals surface area contributed by atoms with Crippen molar-refractivity contribution in [3.63, 3.8) is 0 Å². The monoisotopic (exact) mass is 211 g/mol. The molecule has 0 bridgehead atoms. The first-order valence-corrected chi connectivity index (χ1v) is 5.29. The molecule has 0 radical (unpaired) electrons. The van der Waals surface area contributed by atoms with Crippen LogP contribution in [-0.2, 0) is 6.54 Å². The van der Waals surface area contributed by atoms with Gasteiger partial charge in [0.25, 0.3) is 0 Å². The van der Waals surface area contributed by atoms with Crippen LogP contribution in [0.4, 0.5) is 0 Å². The highest BCUT2D eigenvalue weighted by atomic mass is 16.5. The summed E-state index contributed by atoms with van der Waals surface area (Å²) >= 11 is 0. The van der Waals surface area contributed by atoms with Gasteiger partial charge in [-0.1, -0.05) is 5.16 Å². The maximum atomic E-state index is 9.92. The number of hydrogen-bond donors (Lipinski definition) is 1. The van der Waals surface area contributed by atoms with Gasteiger partial charge in [-0.25, -0.2) is 0 Å². The molecule has 2 rings (SSSR count). The van der Waals surface area contributed by atoms with Gasteiger partial charge in [-0.05, 0) is 26.3 Å². The molecule has 0 saturated carbocycles. The van der Waals surface area contributed by atoms with Crippen molar-refractivity contribution in [1.82, 2.24) is 15.0 Å². The lowest BCUT2D eigenvalue weighted by Crippen LogP contribution is -2.45. The van der Waals surface area contributed by atoms with Gasteiger partial charge in [0.15, 0.2) is 5.82 Å². The third-order valence-corrected chi connectivity index (χ3v) is 2.69. The summed E-state index contributed by atoms with van der Waals surface area (Å²) in [6.07, 6.45) is 1.89. The molecule has 1 atom stereocenters. The number of likely N-dealkylation sites (tertiary alicyclic amines) is 1. The Kier molecular flexibility index (Phi) is 2.75. The summed E-state index contributed by atoms with van der Waals surface area (Å²) in [5.41, 5.74) is -0.572. The highest BCUT2D eigenvalue weighted by molar-refractivity contribution is 4.88. The summed E-state index contributed by atoms with van der Waals surface area (Å²) in [7, 11) is 0. The van der Waals surface area contributed by atoms with Gasteiger partial charge in [0.2, 0.25) is 5.89 Å². The molecule has 15 heavy (non-hydrogen) atoms. The molecule has 1 aliphatic rings. The second-order valence-corrected chi connectivity index (χ2v) is 4.54. The van der Waals surface area contributed by atoms with E-state index in [0.717, 1.165) is 19.4 Å². The van der Waals surface area contributed by atoms with Gasteiger partial charge in [0.05, 0.1) is 12.1 Å². The molecular formula is C10H17N3O2.